The molecule has 0 aliphatic rings. The molecule has 5 N–H and O–H groups in total. The Morgan fingerprint density at radius 3 is 1.80 bits per heavy atom. The van der Waals surface area contributed by atoms with Crippen molar-refractivity contribution in [2.75, 3.05) is 13.3 Å². The van der Waals surface area contributed by atoms with Gasteiger partial charge < -0.3 is 21.4 Å². The normalized spacial score (nSPS) is 4.40. The number of nitrogens with one attached hydrogen (secondary N) is 1. The van der Waals surface area contributed by atoms with Crippen molar-refractivity contribution in [3.8, 4) is 12.3 Å². The molecule has 10 heavy (non-hydrogen) atoms. The van der Waals surface area contributed by atoms with Crippen LogP contribution in [0.25, 0.3) is 5.73 Å². The molecule has 0 spiro atoms. The molecule has 0 bridgehead atoms. The number of hydrogen-bond donors (Lipinski definition) is 0. The van der Waals surface area contributed by atoms with Gasteiger partial charge in [0.1, 0.15) is 6.61 Å². The van der Waals surface area contributed by atoms with E-state index in [4.69, 9.17) is 12.2 Å². The molecule has 0 atom stereocenters. The van der Waals surface area contributed by atoms with Gasteiger partial charge in [-0.2, -0.15) is 0 Å². The minimum Gasteiger partial charge on any atom is -0.655 e. The average molecular weight is 298 g/mol. The summed E-state index contributed by atoms with van der Waals surface area (Å²) in [7, 11) is 0. The van der Waals surface area contributed by atoms with Crippen LogP contribution in [-0.4, -0.2) is 24.3 Å². The third kappa shape index (κ3) is 33.5. The van der Waals surface area contributed by atoms with E-state index in [9.17, 15) is 0 Å². The molecular formula is C4H10NO3Y2-. The van der Waals surface area contributed by atoms with E-state index in [0.29, 0.717) is 0 Å². The van der Waals surface area contributed by atoms with Gasteiger partial charge in [0.2, 0.25) is 0 Å². The van der Waals surface area contributed by atoms with Gasteiger partial charge in [0.05, 0.1) is 0 Å². The molecule has 0 unspecified atom stereocenters. The zero-order valence-electron chi connectivity index (χ0n) is 5.55. The van der Waals surface area contributed by atoms with Gasteiger partial charge in [-0.1, -0.05) is 5.92 Å². The van der Waals surface area contributed by atoms with E-state index >= 15 is 0 Å². The smallest absolute Gasteiger partial charge is 0.105 e. The SMILES string of the molecule is C#CCOC[NH-].O.O.[Y].[Y]. The Hall–Kier alpha value is 1.61. The molecule has 0 amide bonds. The fourth-order valence-electron chi connectivity index (χ4n) is 0.110. The van der Waals surface area contributed by atoms with Crippen LogP contribution in [0.2, 0.25) is 0 Å². The van der Waals surface area contributed by atoms with E-state index in [2.05, 4.69) is 10.7 Å². The first kappa shape index (κ1) is 29.9. The topological polar surface area (TPSA) is 96.0 Å². The third-order valence-corrected chi connectivity index (χ3v) is 0.287. The minimum absolute atomic E-state index is 0. The monoisotopic (exact) mass is 298 g/mol. The van der Waals surface area contributed by atoms with Crippen molar-refractivity contribution in [3.05, 3.63) is 5.73 Å². The molecule has 56 valence electrons. The molecular weight excluding hydrogens is 288 g/mol. The molecule has 2 radical (unpaired) electrons. The summed E-state index contributed by atoms with van der Waals surface area (Å²) >= 11 is 0. The van der Waals surface area contributed by atoms with Gasteiger partial charge in [0.25, 0.3) is 0 Å². The fourth-order valence-corrected chi connectivity index (χ4v) is 0.110. The first-order valence-corrected chi connectivity index (χ1v) is 1.57. The van der Waals surface area contributed by atoms with Crippen LogP contribution in [0.3, 0.4) is 0 Å². The molecule has 4 nitrogen and oxygen atoms in total. The van der Waals surface area contributed by atoms with Crippen molar-refractivity contribution >= 4 is 0 Å². The maximum Gasteiger partial charge on any atom is 0.105 e. The quantitative estimate of drug-likeness (QED) is 0.474. The zero-order valence-corrected chi connectivity index (χ0v) is 11.2. The number of ether oxygens (including phenoxy) is 1. The zero-order chi connectivity index (χ0) is 4.83. The fraction of sp³-hybridized carbons (Fsp3) is 0.500. The summed E-state index contributed by atoms with van der Waals surface area (Å²) in [4.78, 5) is 0. The average Bonchev–Trinajstić information content (AvgIpc) is 1.61. The molecule has 0 aromatic heterocycles. The van der Waals surface area contributed by atoms with E-state index in [1.165, 1.54) is 0 Å². The van der Waals surface area contributed by atoms with Gasteiger partial charge in [-0.05, 0) is 6.73 Å². The van der Waals surface area contributed by atoms with Crippen LogP contribution in [0.1, 0.15) is 0 Å². The predicted molar refractivity (Wildman–Crippen MR) is 31.2 cm³/mol. The maximum atomic E-state index is 6.39. The Labute approximate surface area is 111 Å². The molecule has 0 fully saturated rings. The summed E-state index contributed by atoms with van der Waals surface area (Å²) < 4.78 is 4.41. The first-order valence-electron chi connectivity index (χ1n) is 1.57. The van der Waals surface area contributed by atoms with E-state index in [-0.39, 0.29) is 89.7 Å². The first-order chi connectivity index (χ1) is 2.91. The van der Waals surface area contributed by atoms with Crippen molar-refractivity contribution in [1.29, 1.82) is 0 Å². The Bertz CT molecular complexity index is 66.0. The van der Waals surface area contributed by atoms with E-state index in [0.717, 1.165) is 0 Å². The van der Waals surface area contributed by atoms with Crippen molar-refractivity contribution in [2.45, 2.75) is 0 Å². The summed E-state index contributed by atoms with van der Waals surface area (Å²) in [5.74, 6) is 2.23. The van der Waals surface area contributed by atoms with Crippen molar-refractivity contribution in [2.24, 2.45) is 0 Å². The van der Waals surface area contributed by atoms with Crippen LogP contribution < -0.4 is 0 Å². The van der Waals surface area contributed by atoms with Gasteiger partial charge in [-0.25, -0.2) is 0 Å². The van der Waals surface area contributed by atoms with E-state index in [1.54, 1.807) is 0 Å². The summed E-state index contributed by atoms with van der Waals surface area (Å²) in [6.45, 7) is 0.216. The summed E-state index contributed by atoms with van der Waals surface area (Å²) in [5, 5.41) is 0. The molecule has 0 aliphatic carbocycles. The summed E-state index contributed by atoms with van der Waals surface area (Å²) in [6, 6.07) is 0. The Kier molecular flexibility index (Phi) is 93.1. The third-order valence-electron chi connectivity index (χ3n) is 0.287. The molecule has 0 aliphatic heterocycles. The van der Waals surface area contributed by atoms with Crippen molar-refractivity contribution in [3.63, 3.8) is 0 Å². The van der Waals surface area contributed by atoms with Gasteiger partial charge >= 0.3 is 0 Å². The van der Waals surface area contributed by atoms with Gasteiger partial charge in [-0.15, -0.1) is 6.42 Å². The van der Waals surface area contributed by atoms with E-state index in [1.807, 2.05) is 0 Å². The van der Waals surface area contributed by atoms with Crippen LogP contribution in [-0.2, 0) is 70.2 Å². The van der Waals surface area contributed by atoms with Gasteiger partial charge in [0.15, 0.2) is 0 Å². The molecule has 0 aromatic carbocycles. The molecule has 0 rings (SSSR count). The Morgan fingerprint density at radius 1 is 1.30 bits per heavy atom. The van der Waals surface area contributed by atoms with Crippen LogP contribution in [0.5, 0.6) is 0 Å². The second-order valence-corrected chi connectivity index (χ2v) is 0.697. The van der Waals surface area contributed by atoms with Crippen LogP contribution in [0.15, 0.2) is 0 Å². The van der Waals surface area contributed by atoms with Crippen LogP contribution in [0.4, 0.5) is 0 Å². The summed E-state index contributed by atoms with van der Waals surface area (Å²) in [6.07, 6.45) is 4.76. The maximum absolute atomic E-state index is 6.39. The molecule has 0 saturated carbocycles. The standard InChI is InChI=1S/C4H6NO.2H2O.2Y/c1-2-3-6-4-5;;;;/h1,5H,3-4H2;2*1H2;;/q-1;;;;. The van der Waals surface area contributed by atoms with E-state index < -0.39 is 0 Å². The second-order valence-electron chi connectivity index (χ2n) is 0.697. The molecule has 0 heterocycles. The summed E-state index contributed by atoms with van der Waals surface area (Å²) in [5.41, 5.74) is 6.39. The molecule has 6 heteroatoms. The van der Waals surface area contributed by atoms with Crippen LogP contribution >= 0.6 is 0 Å². The van der Waals surface area contributed by atoms with Gasteiger partial charge in [-0.3, -0.25) is 0 Å². The minimum atomic E-state index is -0.0375. The predicted octanol–water partition coefficient (Wildman–Crippen LogP) is -1.01. The van der Waals surface area contributed by atoms with Crippen molar-refractivity contribution in [1.82, 2.24) is 0 Å². The molecule has 0 saturated heterocycles. The largest absolute Gasteiger partial charge is 0.655 e. The number of hydrogen-bond acceptors (Lipinski definition) is 1. The Morgan fingerprint density at radius 2 is 1.70 bits per heavy atom. The van der Waals surface area contributed by atoms with Crippen LogP contribution in [0, 0.1) is 12.3 Å². The number of terminal acetylenes is 1. The Balaban J connectivity index is -0.0000000208. The molecule has 0 aromatic rings. The van der Waals surface area contributed by atoms with Gasteiger partial charge in [0, 0.05) is 65.4 Å². The number of rotatable bonds is 2. The second kappa shape index (κ2) is 31.1. The van der Waals surface area contributed by atoms with Crippen molar-refractivity contribution < 1.29 is 81.1 Å².